The first-order valence-corrected chi connectivity index (χ1v) is 11.5. The van der Waals surface area contributed by atoms with Crippen molar-refractivity contribution in [2.75, 3.05) is 4.90 Å². The first-order valence-electron chi connectivity index (χ1n) is 11.5. The summed E-state index contributed by atoms with van der Waals surface area (Å²) < 4.78 is 6.13. The number of phenols is 3. The number of nitrogens with zero attached hydrogens (tertiary/aromatic N) is 1. The zero-order chi connectivity index (χ0) is 25.4. The zero-order valence-electron chi connectivity index (χ0n) is 21.0. The maximum Gasteiger partial charge on any atom is 0.171 e. The van der Waals surface area contributed by atoms with Gasteiger partial charge in [-0.05, 0) is 93.1 Å². The minimum Gasteiger partial charge on any atom is -0.508 e. The Balaban J connectivity index is 1.89. The highest BCUT2D eigenvalue weighted by molar-refractivity contribution is 5.82. The van der Waals surface area contributed by atoms with Gasteiger partial charge in [0.15, 0.2) is 11.5 Å². The van der Waals surface area contributed by atoms with Gasteiger partial charge in [-0.3, -0.25) is 0 Å². The molecule has 0 aliphatic carbocycles. The number of hydrogen-bond donors (Lipinski definition) is 3. The van der Waals surface area contributed by atoms with E-state index in [9.17, 15) is 15.3 Å². The van der Waals surface area contributed by atoms with Crippen molar-refractivity contribution in [3.8, 4) is 28.7 Å². The Morgan fingerprint density at radius 2 is 1.14 bits per heavy atom. The van der Waals surface area contributed by atoms with Crippen molar-refractivity contribution < 1.29 is 20.1 Å². The van der Waals surface area contributed by atoms with Crippen molar-refractivity contribution in [3.05, 3.63) is 94.0 Å². The monoisotopic (exact) mass is 469 g/mol. The Morgan fingerprint density at radius 1 is 0.571 bits per heavy atom. The van der Waals surface area contributed by atoms with E-state index in [0.717, 1.165) is 50.4 Å². The molecular formula is C30H31NO4. The Bertz CT molecular complexity index is 1340. The molecular weight excluding hydrogens is 438 g/mol. The van der Waals surface area contributed by atoms with Gasteiger partial charge in [-0.15, -0.1) is 0 Å². The highest BCUT2D eigenvalue weighted by atomic mass is 16.5. The van der Waals surface area contributed by atoms with Crippen molar-refractivity contribution in [3.63, 3.8) is 0 Å². The van der Waals surface area contributed by atoms with Crippen molar-refractivity contribution in [2.45, 2.75) is 41.5 Å². The number of phenolic OH excluding ortho intramolecular Hbond substituents is 3. The lowest BCUT2D eigenvalue weighted by Gasteiger charge is -2.29. The van der Waals surface area contributed by atoms with Crippen LogP contribution in [0.5, 0.6) is 28.7 Å². The van der Waals surface area contributed by atoms with Gasteiger partial charge in [0.05, 0.1) is 11.4 Å². The third-order valence-corrected chi connectivity index (χ3v) is 6.21. The van der Waals surface area contributed by atoms with Crippen molar-refractivity contribution in [1.82, 2.24) is 0 Å². The molecule has 0 aliphatic rings. The topological polar surface area (TPSA) is 73.2 Å². The smallest absolute Gasteiger partial charge is 0.171 e. The Morgan fingerprint density at radius 3 is 1.69 bits per heavy atom. The van der Waals surface area contributed by atoms with Gasteiger partial charge >= 0.3 is 0 Å². The van der Waals surface area contributed by atoms with Crippen LogP contribution in [0.25, 0.3) is 0 Å². The summed E-state index contributed by atoms with van der Waals surface area (Å²) in [6.45, 7) is 11.5. The molecule has 0 fully saturated rings. The van der Waals surface area contributed by atoms with E-state index in [2.05, 4.69) is 0 Å². The van der Waals surface area contributed by atoms with Gasteiger partial charge in [-0.2, -0.15) is 0 Å². The lowest BCUT2D eigenvalue weighted by Crippen LogP contribution is -2.13. The second-order valence-electron chi connectivity index (χ2n) is 9.22. The molecule has 4 aromatic rings. The Hall–Kier alpha value is -4.12. The normalized spacial score (nSPS) is 10.9. The average Bonchev–Trinajstić information content (AvgIpc) is 2.78. The predicted molar refractivity (Wildman–Crippen MR) is 141 cm³/mol. The van der Waals surface area contributed by atoms with E-state index in [0.29, 0.717) is 11.5 Å². The standard InChI is InChI=1S/C30H31NO4/c1-17-10-22(6)30(29(34)11-17)35-24-9-7-8-23(14-24)31(25-15-27(32)20(4)12-18(25)2)26-16-28(33)21(5)13-19(26)3/h7-16,32-34H,1-6H3. The summed E-state index contributed by atoms with van der Waals surface area (Å²) >= 11 is 0. The molecule has 0 aliphatic heterocycles. The molecule has 3 N–H and O–H groups in total. The molecule has 5 heteroatoms. The highest BCUT2D eigenvalue weighted by Crippen LogP contribution is 2.44. The summed E-state index contributed by atoms with van der Waals surface area (Å²) in [4.78, 5) is 2.00. The van der Waals surface area contributed by atoms with Gasteiger partial charge in [-0.1, -0.05) is 24.3 Å². The maximum absolute atomic E-state index is 10.5. The molecule has 0 amide bonds. The fraction of sp³-hybridized carbons (Fsp3) is 0.200. The summed E-state index contributed by atoms with van der Waals surface area (Å²) in [6, 6.07) is 18.5. The van der Waals surface area contributed by atoms with Gasteiger partial charge in [-0.25, -0.2) is 0 Å². The number of benzene rings is 4. The van der Waals surface area contributed by atoms with Gasteiger partial charge in [0.2, 0.25) is 0 Å². The first kappa shape index (κ1) is 24.0. The maximum atomic E-state index is 10.5. The number of ether oxygens (including phenoxy) is 1. The average molecular weight is 470 g/mol. The number of aromatic hydroxyl groups is 3. The van der Waals surface area contributed by atoms with Crippen LogP contribution in [-0.2, 0) is 0 Å². The molecule has 0 bridgehead atoms. The predicted octanol–water partition coefficient (Wildman–Crippen LogP) is 7.92. The largest absolute Gasteiger partial charge is 0.508 e. The van der Waals surface area contributed by atoms with E-state index < -0.39 is 0 Å². The molecule has 4 rings (SSSR count). The molecule has 0 atom stereocenters. The molecule has 0 radical (unpaired) electrons. The molecule has 0 spiro atoms. The number of aryl methyl sites for hydroxylation is 6. The van der Waals surface area contributed by atoms with E-state index in [1.165, 1.54) is 0 Å². The lowest BCUT2D eigenvalue weighted by molar-refractivity contribution is 0.408. The third kappa shape index (κ3) is 4.76. The van der Waals surface area contributed by atoms with Crippen LogP contribution in [0.15, 0.2) is 60.7 Å². The fourth-order valence-corrected chi connectivity index (χ4v) is 4.42. The van der Waals surface area contributed by atoms with Crippen LogP contribution in [0.4, 0.5) is 17.1 Å². The molecule has 0 aromatic heterocycles. The summed E-state index contributed by atoms with van der Waals surface area (Å²) in [6.07, 6.45) is 0. The van der Waals surface area contributed by atoms with E-state index in [4.69, 9.17) is 4.74 Å². The molecule has 0 saturated carbocycles. The summed E-state index contributed by atoms with van der Waals surface area (Å²) in [7, 11) is 0. The van der Waals surface area contributed by atoms with Crippen LogP contribution in [-0.4, -0.2) is 15.3 Å². The molecule has 0 saturated heterocycles. The Labute approximate surface area is 206 Å². The first-order chi connectivity index (χ1) is 16.5. The third-order valence-electron chi connectivity index (χ3n) is 6.21. The number of anilines is 3. The van der Waals surface area contributed by atoms with Crippen molar-refractivity contribution >= 4 is 17.1 Å². The van der Waals surface area contributed by atoms with Crippen LogP contribution in [0, 0.1) is 41.5 Å². The van der Waals surface area contributed by atoms with Crippen LogP contribution in [0.2, 0.25) is 0 Å². The number of hydrogen-bond acceptors (Lipinski definition) is 5. The van der Waals surface area contributed by atoms with Crippen molar-refractivity contribution in [2.24, 2.45) is 0 Å². The van der Waals surface area contributed by atoms with Crippen LogP contribution >= 0.6 is 0 Å². The summed E-state index contributed by atoms with van der Waals surface area (Å²) in [5.74, 6) is 1.43. The lowest BCUT2D eigenvalue weighted by atomic mass is 10.0. The molecule has 5 nitrogen and oxygen atoms in total. The molecule has 4 aromatic carbocycles. The van der Waals surface area contributed by atoms with Crippen LogP contribution in [0.3, 0.4) is 0 Å². The minimum atomic E-state index is 0.0864. The molecule has 180 valence electrons. The van der Waals surface area contributed by atoms with E-state index in [1.807, 2.05) is 88.9 Å². The zero-order valence-corrected chi connectivity index (χ0v) is 21.0. The van der Waals surface area contributed by atoms with E-state index in [1.54, 1.807) is 18.2 Å². The second-order valence-corrected chi connectivity index (χ2v) is 9.22. The van der Waals surface area contributed by atoms with E-state index >= 15 is 0 Å². The highest BCUT2D eigenvalue weighted by Gasteiger charge is 2.20. The molecule has 35 heavy (non-hydrogen) atoms. The minimum absolute atomic E-state index is 0.0864. The van der Waals surface area contributed by atoms with Gasteiger partial charge in [0, 0.05) is 23.9 Å². The molecule has 0 unspecified atom stereocenters. The van der Waals surface area contributed by atoms with Gasteiger partial charge < -0.3 is 25.0 Å². The van der Waals surface area contributed by atoms with Gasteiger partial charge in [0.25, 0.3) is 0 Å². The SMILES string of the molecule is Cc1cc(C)c(Oc2cccc(N(c3cc(O)c(C)cc3C)c3cc(O)c(C)cc3C)c2)c(O)c1. The Kier molecular flexibility index (Phi) is 6.35. The quantitative estimate of drug-likeness (QED) is 0.277. The summed E-state index contributed by atoms with van der Waals surface area (Å²) in [5.41, 5.74) is 7.66. The van der Waals surface area contributed by atoms with E-state index in [-0.39, 0.29) is 17.2 Å². The molecule has 0 heterocycles. The van der Waals surface area contributed by atoms with Crippen LogP contribution < -0.4 is 9.64 Å². The summed E-state index contributed by atoms with van der Waals surface area (Å²) in [5, 5.41) is 31.5. The van der Waals surface area contributed by atoms with Crippen molar-refractivity contribution in [1.29, 1.82) is 0 Å². The van der Waals surface area contributed by atoms with Gasteiger partial charge in [0.1, 0.15) is 17.2 Å². The fourth-order valence-electron chi connectivity index (χ4n) is 4.42. The second kappa shape index (κ2) is 9.26. The number of rotatable bonds is 5. The van der Waals surface area contributed by atoms with Crippen LogP contribution in [0.1, 0.15) is 33.4 Å².